The van der Waals surface area contributed by atoms with Crippen LogP contribution in [-0.2, 0) is 0 Å². The van der Waals surface area contributed by atoms with Gasteiger partial charge in [-0.3, -0.25) is 9.59 Å². The number of aromatic nitrogens is 2. The van der Waals surface area contributed by atoms with Gasteiger partial charge in [-0.15, -0.1) is 0 Å². The first kappa shape index (κ1) is 10.9. The summed E-state index contributed by atoms with van der Waals surface area (Å²) in [6.45, 7) is 0.708. The van der Waals surface area contributed by atoms with Gasteiger partial charge in [-0.05, 0) is 24.8 Å². The molecule has 1 saturated carbocycles. The molecule has 1 aliphatic carbocycles. The molecule has 1 aliphatic rings. The highest BCUT2D eigenvalue weighted by molar-refractivity contribution is 5.91. The number of H-pyrrole nitrogens is 1. The lowest BCUT2D eigenvalue weighted by Gasteiger charge is -2.09. The van der Waals surface area contributed by atoms with E-state index in [4.69, 9.17) is 0 Å². The minimum atomic E-state index is -0.299. The van der Waals surface area contributed by atoms with E-state index in [2.05, 4.69) is 15.5 Å². The summed E-state index contributed by atoms with van der Waals surface area (Å²) in [4.78, 5) is 22.4. The molecule has 86 valence electrons. The minimum Gasteiger partial charge on any atom is -0.350 e. The number of aromatic amines is 1. The van der Waals surface area contributed by atoms with E-state index in [1.807, 2.05) is 0 Å². The highest BCUT2D eigenvalue weighted by Crippen LogP contribution is 2.23. The fourth-order valence-corrected chi connectivity index (χ4v) is 2.01. The van der Waals surface area contributed by atoms with Crippen molar-refractivity contribution < 1.29 is 4.79 Å². The van der Waals surface area contributed by atoms with Gasteiger partial charge < -0.3 is 5.32 Å². The van der Waals surface area contributed by atoms with Gasteiger partial charge in [0.25, 0.3) is 11.5 Å². The first-order valence-corrected chi connectivity index (χ1v) is 5.59. The van der Waals surface area contributed by atoms with E-state index >= 15 is 0 Å². The van der Waals surface area contributed by atoms with Crippen LogP contribution in [0.1, 0.15) is 36.2 Å². The van der Waals surface area contributed by atoms with Gasteiger partial charge in [-0.2, -0.15) is 5.10 Å². The number of nitrogens with zero attached hydrogens (tertiary/aromatic N) is 1. The van der Waals surface area contributed by atoms with Crippen molar-refractivity contribution in [3.63, 3.8) is 0 Å². The van der Waals surface area contributed by atoms with Crippen LogP contribution >= 0.6 is 0 Å². The number of nitrogens with one attached hydrogen (secondary N) is 2. The summed E-state index contributed by atoms with van der Waals surface area (Å²) in [5, 5.41) is 8.75. The fourth-order valence-electron chi connectivity index (χ4n) is 2.01. The maximum atomic E-state index is 11.6. The van der Waals surface area contributed by atoms with Crippen LogP contribution in [0.25, 0.3) is 0 Å². The predicted octanol–water partition coefficient (Wildman–Crippen LogP) is 0.690. The van der Waals surface area contributed by atoms with Gasteiger partial charge in [-0.25, -0.2) is 5.10 Å². The Labute approximate surface area is 93.3 Å². The van der Waals surface area contributed by atoms with Gasteiger partial charge in [0.05, 0.1) is 0 Å². The standard InChI is InChI=1S/C11H15N3O2/c15-10-6-5-9(13-14-10)11(16)12-7-8-3-1-2-4-8/h5-6,8H,1-4,7H2,(H,12,16)(H,14,15). The van der Waals surface area contributed by atoms with Crippen molar-refractivity contribution in [2.75, 3.05) is 6.54 Å². The van der Waals surface area contributed by atoms with Crippen molar-refractivity contribution in [1.29, 1.82) is 0 Å². The van der Waals surface area contributed by atoms with Crippen molar-refractivity contribution in [3.8, 4) is 0 Å². The molecule has 0 aromatic carbocycles. The van der Waals surface area contributed by atoms with Gasteiger partial charge in [-0.1, -0.05) is 12.8 Å². The van der Waals surface area contributed by atoms with Crippen molar-refractivity contribution in [2.24, 2.45) is 5.92 Å². The van der Waals surface area contributed by atoms with E-state index in [0.29, 0.717) is 12.5 Å². The molecular formula is C11H15N3O2. The number of hydrogen-bond acceptors (Lipinski definition) is 3. The molecular weight excluding hydrogens is 206 g/mol. The normalized spacial score (nSPS) is 16.2. The summed E-state index contributed by atoms with van der Waals surface area (Å²) >= 11 is 0. The zero-order valence-corrected chi connectivity index (χ0v) is 9.03. The summed E-state index contributed by atoms with van der Waals surface area (Å²) in [6, 6.07) is 2.74. The SMILES string of the molecule is O=C(NCC1CCCC1)c1ccc(=O)[nH]n1. The molecule has 1 aromatic rings. The van der Waals surface area contributed by atoms with Gasteiger partial charge in [0, 0.05) is 12.6 Å². The molecule has 1 heterocycles. The highest BCUT2D eigenvalue weighted by Gasteiger charge is 2.16. The smallest absolute Gasteiger partial charge is 0.271 e. The second kappa shape index (κ2) is 4.92. The van der Waals surface area contributed by atoms with Gasteiger partial charge in [0.2, 0.25) is 0 Å². The zero-order chi connectivity index (χ0) is 11.4. The first-order valence-electron chi connectivity index (χ1n) is 5.59. The monoisotopic (exact) mass is 221 g/mol. The van der Waals surface area contributed by atoms with Crippen molar-refractivity contribution in [3.05, 3.63) is 28.2 Å². The molecule has 5 nitrogen and oxygen atoms in total. The van der Waals surface area contributed by atoms with Crippen LogP contribution in [0.3, 0.4) is 0 Å². The molecule has 2 N–H and O–H groups in total. The summed E-state index contributed by atoms with van der Waals surface area (Å²) in [6.07, 6.45) is 4.91. The molecule has 0 atom stereocenters. The molecule has 0 saturated heterocycles. The number of rotatable bonds is 3. The average molecular weight is 221 g/mol. The molecule has 1 aromatic heterocycles. The van der Waals surface area contributed by atoms with Crippen molar-refractivity contribution in [1.82, 2.24) is 15.5 Å². The number of hydrogen-bond donors (Lipinski definition) is 2. The molecule has 5 heteroatoms. The Balaban J connectivity index is 1.87. The Hall–Kier alpha value is -1.65. The summed E-state index contributed by atoms with van der Waals surface area (Å²) < 4.78 is 0. The van der Waals surface area contributed by atoms with Gasteiger partial charge in [0.15, 0.2) is 0 Å². The van der Waals surface area contributed by atoms with Gasteiger partial charge in [0.1, 0.15) is 5.69 Å². The maximum absolute atomic E-state index is 11.6. The maximum Gasteiger partial charge on any atom is 0.271 e. The van der Waals surface area contributed by atoms with Crippen LogP contribution in [0.15, 0.2) is 16.9 Å². The quantitative estimate of drug-likeness (QED) is 0.788. The Morgan fingerprint density at radius 2 is 2.19 bits per heavy atom. The Kier molecular flexibility index (Phi) is 3.34. The Bertz CT molecular complexity index is 401. The molecule has 16 heavy (non-hydrogen) atoms. The summed E-state index contributed by atoms with van der Waals surface area (Å²) in [7, 11) is 0. The zero-order valence-electron chi connectivity index (χ0n) is 9.03. The molecule has 0 radical (unpaired) electrons. The first-order chi connectivity index (χ1) is 7.75. The topological polar surface area (TPSA) is 74.8 Å². The number of carbonyl (C=O) groups excluding carboxylic acids is 1. The van der Waals surface area contributed by atoms with Crippen molar-refractivity contribution in [2.45, 2.75) is 25.7 Å². The summed E-state index contributed by atoms with van der Waals surface area (Å²) in [5.74, 6) is 0.384. The average Bonchev–Trinajstić information content (AvgIpc) is 2.80. The van der Waals surface area contributed by atoms with Crippen LogP contribution in [0.4, 0.5) is 0 Å². The fraction of sp³-hybridized carbons (Fsp3) is 0.545. The molecule has 0 spiro atoms. The summed E-state index contributed by atoms with van der Waals surface area (Å²) in [5.41, 5.74) is -0.0371. The second-order valence-corrected chi connectivity index (χ2v) is 4.17. The van der Waals surface area contributed by atoms with Crippen molar-refractivity contribution >= 4 is 5.91 Å². The Morgan fingerprint density at radius 1 is 1.44 bits per heavy atom. The van der Waals surface area contributed by atoms with E-state index in [1.54, 1.807) is 0 Å². The molecule has 1 fully saturated rings. The molecule has 0 unspecified atom stereocenters. The lowest BCUT2D eigenvalue weighted by molar-refractivity contribution is 0.0941. The number of amides is 1. The largest absolute Gasteiger partial charge is 0.350 e. The second-order valence-electron chi connectivity index (χ2n) is 4.17. The van der Waals surface area contributed by atoms with Crippen LogP contribution in [0.2, 0.25) is 0 Å². The van der Waals surface area contributed by atoms with E-state index < -0.39 is 0 Å². The predicted molar refractivity (Wildman–Crippen MR) is 59.1 cm³/mol. The lowest BCUT2D eigenvalue weighted by Crippen LogP contribution is -2.29. The van der Waals surface area contributed by atoms with E-state index in [9.17, 15) is 9.59 Å². The van der Waals surface area contributed by atoms with Crippen LogP contribution in [-0.4, -0.2) is 22.6 Å². The van der Waals surface area contributed by atoms with Crippen LogP contribution in [0.5, 0.6) is 0 Å². The van der Waals surface area contributed by atoms with Crippen LogP contribution in [0, 0.1) is 5.92 Å². The molecule has 2 rings (SSSR count). The lowest BCUT2D eigenvalue weighted by atomic mass is 10.1. The molecule has 1 amide bonds. The Morgan fingerprint density at radius 3 is 2.81 bits per heavy atom. The third kappa shape index (κ3) is 2.68. The van der Waals surface area contributed by atoms with E-state index in [0.717, 1.165) is 0 Å². The third-order valence-corrected chi connectivity index (χ3v) is 2.94. The van der Waals surface area contributed by atoms with E-state index in [1.165, 1.54) is 37.8 Å². The highest BCUT2D eigenvalue weighted by atomic mass is 16.2. The third-order valence-electron chi connectivity index (χ3n) is 2.94. The van der Waals surface area contributed by atoms with Gasteiger partial charge >= 0.3 is 0 Å². The minimum absolute atomic E-state index is 0.219. The molecule has 0 aliphatic heterocycles. The molecule has 0 bridgehead atoms. The van der Waals surface area contributed by atoms with Crippen LogP contribution < -0.4 is 10.9 Å². The van der Waals surface area contributed by atoms with E-state index in [-0.39, 0.29) is 17.2 Å². The number of carbonyl (C=O) groups is 1.